The van der Waals surface area contributed by atoms with E-state index >= 15 is 0 Å². The molecule has 0 aliphatic carbocycles. The summed E-state index contributed by atoms with van der Waals surface area (Å²) in [4.78, 5) is 29.9. The van der Waals surface area contributed by atoms with Gasteiger partial charge >= 0.3 is 0 Å². The van der Waals surface area contributed by atoms with E-state index in [-0.39, 0.29) is 11.3 Å². The molecule has 35 heavy (non-hydrogen) atoms. The Kier molecular flexibility index (Phi) is 8.71. The Balaban J connectivity index is 2.07. The predicted molar refractivity (Wildman–Crippen MR) is 137 cm³/mol. The van der Waals surface area contributed by atoms with Gasteiger partial charge in [-0.1, -0.05) is 24.8 Å². The molecule has 2 aromatic carbocycles. The number of hydrogen-bond acceptors (Lipinski definition) is 6. The molecule has 1 saturated heterocycles. The lowest BCUT2D eigenvalue weighted by Gasteiger charge is -2.26. The van der Waals surface area contributed by atoms with E-state index in [1.165, 1.54) is 0 Å². The van der Waals surface area contributed by atoms with Crippen molar-refractivity contribution < 1.29 is 24.2 Å². The molecule has 0 saturated carbocycles. The fourth-order valence-electron chi connectivity index (χ4n) is 4.22. The molecular weight excluding hydrogens is 444 g/mol. The summed E-state index contributed by atoms with van der Waals surface area (Å²) in [5, 5.41) is 11.3. The van der Waals surface area contributed by atoms with Crippen LogP contribution in [0.25, 0.3) is 5.76 Å². The molecular formula is C28H34N2O5. The number of nitrogens with zero attached hydrogens (tertiary/aromatic N) is 2. The largest absolute Gasteiger partial charge is 0.507 e. The van der Waals surface area contributed by atoms with E-state index in [1.54, 1.807) is 35.2 Å². The Bertz CT molecular complexity index is 1100. The van der Waals surface area contributed by atoms with E-state index in [0.29, 0.717) is 43.2 Å². The quantitative estimate of drug-likeness (QED) is 0.224. The number of aryl methyl sites for hydroxylation is 1. The number of amides is 1. The van der Waals surface area contributed by atoms with Crippen LogP contribution in [-0.2, 0) is 9.59 Å². The number of aliphatic hydroxyl groups is 1. The number of hydrogen-bond donors (Lipinski definition) is 1. The topological polar surface area (TPSA) is 79.3 Å². The number of ether oxygens (including phenoxy) is 2. The van der Waals surface area contributed by atoms with Gasteiger partial charge < -0.3 is 24.4 Å². The summed E-state index contributed by atoms with van der Waals surface area (Å²) in [6.45, 7) is 9.44. The van der Waals surface area contributed by atoms with Crippen LogP contribution in [0.2, 0.25) is 0 Å². The molecule has 0 bridgehead atoms. The van der Waals surface area contributed by atoms with E-state index in [2.05, 4.69) is 6.58 Å². The fraction of sp³-hybridized carbons (Fsp3) is 0.357. The lowest BCUT2D eigenvalue weighted by Crippen LogP contribution is -2.32. The summed E-state index contributed by atoms with van der Waals surface area (Å²) in [7, 11) is 3.92. The lowest BCUT2D eigenvalue weighted by atomic mass is 9.93. The van der Waals surface area contributed by atoms with Gasteiger partial charge in [-0.15, -0.1) is 0 Å². The molecule has 1 atom stereocenters. The second-order valence-electron chi connectivity index (χ2n) is 8.73. The number of rotatable bonds is 11. The van der Waals surface area contributed by atoms with E-state index < -0.39 is 17.7 Å². The number of likely N-dealkylation sites (tertiary alicyclic amines) is 1. The predicted octanol–water partition coefficient (Wildman–Crippen LogP) is 4.33. The van der Waals surface area contributed by atoms with Crippen molar-refractivity contribution in [3.63, 3.8) is 0 Å². The maximum Gasteiger partial charge on any atom is 0.295 e. The van der Waals surface area contributed by atoms with E-state index in [0.717, 1.165) is 17.7 Å². The highest BCUT2D eigenvalue weighted by Crippen LogP contribution is 2.40. The molecule has 2 aromatic rings. The monoisotopic (exact) mass is 478 g/mol. The SMILES string of the molecule is C=CCOc1ccc([C@H]2C(=C(O)c3ccc(OCC)cc3C)C(=O)C(=O)N2CCCN(C)C)cc1. The third-order valence-electron chi connectivity index (χ3n) is 5.87. The first-order chi connectivity index (χ1) is 16.8. The molecule has 3 rings (SSSR count). The second kappa shape index (κ2) is 11.7. The van der Waals surface area contributed by atoms with Crippen molar-refractivity contribution in [1.82, 2.24) is 9.80 Å². The Morgan fingerprint density at radius 2 is 1.80 bits per heavy atom. The van der Waals surface area contributed by atoms with Crippen LogP contribution in [0.1, 0.15) is 36.1 Å². The standard InChI is InChI=1S/C28H34N2O5/c1-6-17-35-21-11-9-20(10-12-21)25-24(27(32)28(33)30(25)16-8-15-29(4)5)26(31)23-14-13-22(34-7-2)18-19(23)3/h6,9-14,18,25,31H,1,7-8,15-17H2,2-5H3/t25-/m0/s1. The number of carbonyl (C=O) groups excluding carboxylic acids is 2. The minimum Gasteiger partial charge on any atom is -0.507 e. The van der Waals surface area contributed by atoms with Crippen molar-refractivity contribution >= 4 is 17.4 Å². The summed E-state index contributed by atoms with van der Waals surface area (Å²) in [6.07, 6.45) is 2.35. The zero-order valence-corrected chi connectivity index (χ0v) is 20.9. The average molecular weight is 479 g/mol. The second-order valence-corrected chi connectivity index (χ2v) is 8.73. The molecule has 186 valence electrons. The maximum absolute atomic E-state index is 13.2. The van der Waals surface area contributed by atoms with Gasteiger partial charge in [-0.3, -0.25) is 9.59 Å². The van der Waals surface area contributed by atoms with Crippen LogP contribution in [0.4, 0.5) is 0 Å². The summed E-state index contributed by atoms with van der Waals surface area (Å²) < 4.78 is 11.1. The van der Waals surface area contributed by atoms with Crippen LogP contribution in [0, 0.1) is 6.92 Å². The molecule has 7 nitrogen and oxygen atoms in total. The van der Waals surface area contributed by atoms with E-state index in [1.807, 2.05) is 51.0 Å². The normalized spacial score (nSPS) is 17.2. The zero-order valence-electron chi connectivity index (χ0n) is 20.9. The minimum absolute atomic E-state index is 0.0897. The summed E-state index contributed by atoms with van der Waals surface area (Å²) >= 11 is 0. The van der Waals surface area contributed by atoms with Gasteiger partial charge in [0.2, 0.25) is 0 Å². The van der Waals surface area contributed by atoms with Gasteiger partial charge in [0.25, 0.3) is 11.7 Å². The highest BCUT2D eigenvalue weighted by atomic mass is 16.5. The van der Waals surface area contributed by atoms with Gasteiger partial charge in [0.1, 0.15) is 23.9 Å². The Morgan fingerprint density at radius 3 is 2.40 bits per heavy atom. The third-order valence-corrected chi connectivity index (χ3v) is 5.87. The maximum atomic E-state index is 13.2. The first kappa shape index (κ1) is 26.0. The van der Waals surface area contributed by atoms with Crippen molar-refractivity contribution in [2.24, 2.45) is 0 Å². The zero-order chi connectivity index (χ0) is 25.5. The smallest absolute Gasteiger partial charge is 0.295 e. The molecule has 7 heteroatoms. The Morgan fingerprint density at radius 1 is 1.11 bits per heavy atom. The third kappa shape index (κ3) is 5.92. The minimum atomic E-state index is -0.698. The average Bonchev–Trinajstić information content (AvgIpc) is 3.08. The van der Waals surface area contributed by atoms with Crippen molar-refractivity contribution in [3.8, 4) is 11.5 Å². The number of aliphatic hydroxyl groups excluding tert-OH is 1. The van der Waals surface area contributed by atoms with Gasteiger partial charge in [-0.05, 0) is 82.4 Å². The molecule has 1 aliphatic rings. The van der Waals surface area contributed by atoms with E-state index in [9.17, 15) is 14.7 Å². The number of benzene rings is 2. The van der Waals surface area contributed by atoms with Crippen molar-refractivity contribution in [3.05, 3.63) is 77.4 Å². The number of ketones is 1. The lowest BCUT2D eigenvalue weighted by molar-refractivity contribution is -0.139. The van der Waals surface area contributed by atoms with Crippen LogP contribution in [-0.4, -0.2) is 67.0 Å². The molecule has 0 aromatic heterocycles. The number of Topliss-reactive ketones (excluding diaryl/α,β-unsaturated/α-hetero) is 1. The van der Waals surface area contributed by atoms with Gasteiger partial charge in [-0.2, -0.15) is 0 Å². The molecule has 0 radical (unpaired) electrons. The molecule has 1 aliphatic heterocycles. The summed E-state index contributed by atoms with van der Waals surface area (Å²) in [6, 6.07) is 11.8. The van der Waals surface area contributed by atoms with Crippen molar-refractivity contribution in [1.29, 1.82) is 0 Å². The van der Waals surface area contributed by atoms with Crippen LogP contribution < -0.4 is 9.47 Å². The van der Waals surface area contributed by atoms with Gasteiger partial charge in [0.05, 0.1) is 18.2 Å². The van der Waals surface area contributed by atoms with E-state index in [4.69, 9.17) is 9.47 Å². The fourth-order valence-corrected chi connectivity index (χ4v) is 4.22. The summed E-state index contributed by atoms with van der Waals surface area (Å²) in [5.74, 6) is -0.141. The van der Waals surface area contributed by atoms with Crippen molar-refractivity contribution in [2.75, 3.05) is 40.4 Å². The molecule has 1 amide bonds. The van der Waals surface area contributed by atoms with Crippen LogP contribution in [0.5, 0.6) is 11.5 Å². The van der Waals surface area contributed by atoms with Gasteiger partial charge in [-0.25, -0.2) is 0 Å². The Hall–Kier alpha value is -3.58. The van der Waals surface area contributed by atoms with Crippen LogP contribution in [0.3, 0.4) is 0 Å². The molecule has 1 fully saturated rings. The van der Waals surface area contributed by atoms with Crippen LogP contribution in [0.15, 0.2) is 60.7 Å². The highest BCUT2D eigenvalue weighted by molar-refractivity contribution is 6.46. The van der Waals surface area contributed by atoms with Crippen LogP contribution >= 0.6 is 0 Å². The molecule has 0 spiro atoms. The van der Waals surface area contributed by atoms with Gasteiger partial charge in [0.15, 0.2) is 0 Å². The molecule has 1 heterocycles. The summed E-state index contributed by atoms with van der Waals surface area (Å²) in [5.41, 5.74) is 2.06. The van der Waals surface area contributed by atoms with Crippen molar-refractivity contribution in [2.45, 2.75) is 26.3 Å². The Labute approximate surface area is 207 Å². The van der Waals surface area contributed by atoms with Gasteiger partial charge in [0, 0.05) is 12.1 Å². The first-order valence-electron chi connectivity index (χ1n) is 11.8. The first-order valence-corrected chi connectivity index (χ1v) is 11.8. The molecule has 0 unspecified atom stereocenters. The molecule has 1 N–H and O–H groups in total. The number of carbonyl (C=O) groups is 2. The highest BCUT2D eigenvalue weighted by Gasteiger charge is 2.45.